The summed E-state index contributed by atoms with van der Waals surface area (Å²) in [4.78, 5) is 0. The number of halogens is 1. The van der Waals surface area contributed by atoms with Gasteiger partial charge in [-0.25, -0.2) is 20.0 Å². The zero-order chi connectivity index (χ0) is 18.4. The molecule has 3 nitrogen and oxygen atoms in total. The topological polar surface area (TPSA) is 38.1 Å². The van der Waals surface area contributed by atoms with Crippen molar-refractivity contribution in [1.82, 2.24) is 9.78 Å². The third-order valence-corrected chi connectivity index (χ3v) is 7.44. The lowest BCUT2D eigenvalue weighted by Gasteiger charge is -2.32. The van der Waals surface area contributed by atoms with Gasteiger partial charge in [0, 0.05) is 11.1 Å². The monoisotopic (exact) mass is 380 g/mol. The Balaban J connectivity index is 1.53. The number of fused-ring (bicyclic) bond motifs is 1. The molecule has 0 bridgehead atoms. The lowest BCUT2D eigenvalue weighted by Crippen LogP contribution is -2.32. The highest BCUT2D eigenvalue weighted by Crippen LogP contribution is 2.51. The summed E-state index contributed by atoms with van der Waals surface area (Å²) in [6, 6.07) is 12.4. The molecule has 2 aromatic carbocycles. The minimum atomic E-state index is -0.781. The van der Waals surface area contributed by atoms with E-state index in [9.17, 15) is 9.50 Å². The van der Waals surface area contributed by atoms with Crippen molar-refractivity contribution in [2.45, 2.75) is 18.4 Å². The molecule has 1 aliphatic carbocycles. The molecular formula is C22H21FN2OS. The van der Waals surface area contributed by atoms with Gasteiger partial charge in [-0.2, -0.15) is 5.10 Å². The molecule has 1 aromatic heterocycles. The fourth-order valence-corrected chi connectivity index (χ4v) is 5.81. The Bertz CT molecular complexity index is 1040. The second-order valence-electron chi connectivity index (χ2n) is 7.36. The smallest absolute Gasteiger partial charge is 0.123 e. The highest BCUT2D eigenvalue weighted by molar-refractivity contribution is 8.22. The first-order chi connectivity index (χ1) is 13.1. The van der Waals surface area contributed by atoms with Crippen LogP contribution in [0, 0.1) is 11.7 Å². The highest BCUT2D eigenvalue weighted by atomic mass is 32.2. The number of allylic oxidation sites excluding steroid dienone is 2. The summed E-state index contributed by atoms with van der Waals surface area (Å²) in [6.45, 7) is 0. The molecule has 1 N–H and O–H groups in total. The second kappa shape index (κ2) is 6.36. The lowest BCUT2D eigenvalue weighted by molar-refractivity contribution is 0.0383. The van der Waals surface area contributed by atoms with Crippen LogP contribution >= 0.6 is 10.9 Å². The van der Waals surface area contributed by atoms with Crippen LogP contribution in [-0.4, -0.2) is 20.6 Å². The van der Waals surface area contributed by atoms with E-state index >= 15 is 0 Å². The van der Waals surface area contributed by atoms with Gasteiger partial charge in [0.15, 0.2) is 0 Å². The van der Waals surface area contributed by atoms with Crippen molar-refractivity contribution >= 4 is 21.8 Å². The van der Waals surface area contributed by atoms with Gasteiger partial charge in [-0.05, 0) is 71.5 Å². The molecule has 1 aliphatic heterocycles. The van der Waals surface area contributed by atoms with Crippen LogP contribution in [0.1, 0.15) is 18.4 Å². The average Bonchev–Trinajstić information content (AvgIpc) is 3.27. The fourth-order valence-electron chi connectivity index (χ4n) is 3.86. The van der Waals surface area contributed by atoms with Crippen molar-refractivity contribution in [3.05, 3.63) is 83.0 Å². The average molecular weight is 380 g/mol. The Morgan fingerprint density at radius 2 is 1.85 bits per heavy atom. The molecule has 0 radical (unpaired) electrons. The minimum absolute atomic E-state index is 0.260. The van der Waals surface area contributed by atoms with Crippen LogP contribution in [0.3, 0.4) is 0 Å². The van der Waals surface area contributed by atoms with Crippen molar-refractivity contribution in [1.29, 1.82) is 0 Å². The Morgan fingerprint density at radius 1 is 1.11 bits per heavy atom. The predicted molar refractivity (Wildman–Crippen MR) is 110 cm³/mol. The zero-order valence-corrected chi connectivity index (χ0v) is 15.7. The number of nitrogens with zero attached hydrogens (tertiary/aromatic N) is 2. The van der Waals surface area contributed by atoms with Gasteiger partial charge >= 0.3 is 0 Å². The molecular weight excluding hydrogens is 359 g/mol. The number of rotatable bonds is 5. The number of aliphatic hydroxyl groups is 1. The first-order valence-corrected chi connectivity index (χ1v) is 10.9. The first kappa shape index (κ1) is 16.8. The SMILES string of the molecule is OC(C[SH]1C=CC=C1)(c1ccc2c(cnn2-c2ccc(F)cc2)c1)C1CC1. The van der Waals surface area contributed by atoms with E-state index in [1.165, 1.54) is 12.1 Å². The zero-order valence-electron chi connectivity index (χ0n) is 14.8. The molecule has 5 heteroatoms. The number of hydrogen-bond donors (Lipinski definition) is 2. The van der Waals surface area contributed by atoms with Crippen LogP contribution in [0.2, 0.25) is 0 Å². The van der Waals surface area contributed by atoms with E-state index in [1.54, 1.807) is 16.8 Å². The first-order valence-electron chi connectivity index (χ1n) is 9.21. The summed E-state index contributed by atoms with van der Waals surface area (Å²) < 4.78 is 15.0. The molecule has 3 aromatic rings. The summed E-state index contributed by atoms with van der Waals surface area (Å²) >= 11 is 0. The minimum Gasteiger partial charge on any atom is -0.384 e. The molecule has 1 fully saturated rings. The Morgan fingerprint density at radius 3 is 2.56 bits per heavy atom. The second-order valence-corrected chi connectivity index (χ2v) is 9.30. The maximum absolute atomic E-state index is 13.2. The lowest BCUT2D eigenvalue weighted by atomic mass is 9.90. The normalized spacial score (nSPS) is 19.7. The number of thiol groups is 1. The molecule has 0 amide bonds. The third-order valence-electron chi connectivity index (χ3n) is 5.48. The van der Waals surface area contributed by atoms with Gasteiger partial charge in [0.25, 0.3) is 0 Å². The standard InChI is InChI=1S/C22H21FN2OS/c23-19-6-8-20(9-7-19)25-21-10-5-18(13-16(21)14-24-25)22(26,17-3-4-17)15-27-11-1-2-12-27/h1-2,5-14,17,26-27H,3-4,15H2. The molecule has 1 unspecified atom stereocenters. The van der Waals surface area contributed by atoms with Crippen molar-refractivity contribution in [3.8, 4) is 5.69 Å². The number of aromatic nitrogens is 2. The van der Waals surface area contributed by atoms with E-state index in [-0.39, 0.29) is 5.82 Å². The molecule has 27 heavy (non-hydrogen) atoms. The van der Waals surface area contributed by atoms with Gasteiger partial charge in [-0.3, -0.25) is 0 Å². The quantitative estimate of drug-likeness (QED) is 0.624. The third kappa shape index (κ3) is 3.01. The fraction of sp³-hybridized carbons (Fsp3) is 0.227. The van der Waals surface area contributed by atoms with Crippen LogP contribution in [0.15, 0.2) is 71.6 Å². The van der Waals surface area contributed by atoms with Crippen LogP contribution < -0.4 is 0 Å². The van der Waals surface area contributed by atoms with Gasteiger partial charge < -0.3 is 5.11 Å². The van der Waals surface area contributed by atoms with Crippen molar-refractivity contribution in [3.63, 3.8) is 0 Å². The van der Waals surface area contributed by atoms with Crippen molar-refractivity contribution in [2.24, 2.45) is 5.92 Å². The predicted octanol–water partition coefficient (Wildman–Crippen LogP) is 4.80. The number of benzene rings is 2. The molecule has 0 spiro atoms. The van der Waals surface area contributed by atoms with E-state index in [1.807, 2.05) is 18.3 Å². The largest absolute Gasteiger partial charge is 0.384 e. The highest BCUT2D eigenvalue weighted by Gasteiger charge is 2.45. The molecule has 2 heterocycles. The summed E-state index contributed by atoms with van der Waals surface area (Å²) in [5.74, 6) is 0.855. The van der Waals surface area contributed by atoms with Gasteiger partial charge in [-0.15, -0.1) is 0 Å². The van der Waals surface area contributed by atoms with E-state index < -0.39 is 16.5 Å². The maximum Gasteiger partial charge on any atom is 0.123 e. The Hall–Kier alpha value is -2.37. The molecule has 2 aliphatic rings. The molecule has 1 atom stereocenters. The van der Waals surface area contributed by atoms with E-state index in [0.29, 0.717) is 5.92 Å². The summed E-state index contributed by atoms with van der Waals surface area (Å²) in [7, 11) is -0.394. The van der Waals surface area contributed by atoms with Gasteiger partial charge in [0.2, 0.25) is 0 Å². The Kier molecular flexibility index (Phi) is 3.95. The Labute approximate surface area is 160 Å². The van der Waals surface area contributed by atoms with E-state index in [4.69, 9.17) is 0 Å². The van der Waals surface area contributed by atoms with Crippen molar-refractivity contribution < 1.29 is 9.50 Å². The number of hydrogen-bond acceptors (Lipinski definition) is 2. The summed E-state index contributed by atoms with van der Waals surface area (Å²) in [6.07, 6.45) is 8.14. The molecule has 0 saturated heterocycles. The van der Waals surface area contributed by atoms with Crippen LogP contribution in [0.4, 0.5) is 4.39 Å². The van der Waals surface area contributed by atoms with Gasteiger partial charge in [0.05, 0.1) is 17.4 Å². The summed E-state index contributed by atoms with van der Waals surface area (Å²) in [5.41, 5.74) is 1.97. The summed E-state index contributed by atoms with van der Waals surface area (Å²) in [5, 5.41) is 21.5. The van der Waals surface area contributed by atoms with Gasteiger partial charge in [-0.1, -0.05) is 18.2 Å². The van der Waals surface area contributed by atoms with E-state index in [0.717, 1.165) is 40.7 Å². The van der Waals surface area contributed by atoms with E-state index in [2.05, 4.69) is 34.1 Å². The molecule has 5 rings (SSSR count). The van der Waals surface area contributed by atoms with Crippen LogP contribution in [-0.2, 0) is 5.60 Å². The van der Waals surface area contributed by atoms with Crippen LogP contribution in [0.5, 0.6) is 0 Å². The molecule has 138 valence electrons. The molecule has 1 saturated carbocycles. The van der Waals surface area contributed by atoms with Gasteiger partial charge in [0.1, 0.15) is 11.4 Å². The van der Waals surface area contributed by atoms with Crippen molar-refractivity contribution in [2.75, 3.05) is 5.75 Å². The maximum atomic E-state index is 13.2. The van der Waals surface area contributed by atoms with Crippen LogP contribution in [0.25, 0.3) is 16.6 Å².